The first-order valence-corrected chi connectivity index (χ1v) is 19.5. The van der Waals surface area contributed by atoms with E-state index in [2.05, 4.69) is 23.9 Å². The summed E-state index contributed by atoms with van der Waals surface area (Å²) in [5.41, 5.74) is 0. The minimum Gasteiger partial charge on any atom is -0.381 e. The highest BCUT2D eigenvalue weighted by molar-refractivity contribution is 5.89. The number of carbonyl (C=O) groups excluding carboxylic acids is 1. The van der Waals surface area contributed by atoms with Crippen LogP contribution in [0.25, 0.3) is 0 Å². The van der Waals surface area contributed by atoms with Crippen molar-refractivity contribution in [2.75, 3.05) is 55.0 Å². The average molecular weight is 655 g/mol. The molecule has 4 heterocycles. The number of likely N-dealkylation sites (N-methyl/N-ethyl adjacent to an activating group) is 1. The second kappa shape index (κ2) is 11.7. The number of Topliss-reactive ketones (excluding diaryl/α,β-unsaturated/α-hetero) is 1. The maximum absolute atomic E-state index is 14.8. The van der Waals surface area contributed by atoms with Gasteiger partial charge in [-0.2, -0.15) is 0 Å². The molecule has 10 fully saturated rings. The van der Waals surface area contributed by atoms with Crippen molar-refractivity contribution in [2.24, 2.45) is 71.0 Å². The molecule has 4 saturated heterocycles. The molecule has 0 bridgehead atoms. The van der Waals surface area contributed by atoms with E-state index < -0.39 is 0 Å². The summed E-state index contributed by atoms with van der Waals surface area (Å²) >= 11 is 0. The van der Waals surface area contributed by atoms with Gasteiger partial charge in [-0.3, -0.25) is 9.69 Å². The molecule has 0 aromatic heterocycles. The smallest absolute Gasteiger partial charge is 0.156 e. The summed E-state index contributed by atoms with van der Waals surface area (Å²) in [4.78, 5) is 20.1. The maximum atomic E-state index is 14.8. The van der Waals surface area contributed by atoms with E-state index >= 15 is 0 Å². The Morgan fingerprint density at radius 2 is 1.32 bits per heavy atom. The molecule has 10 rings (SSSR count). The van der Waals surface area contributed by atoms with Crippen molar-refractivity contribution in [3.05, 3.63) is 0 Å². The highest BCUT2D eigenvalue weighted by Gasteiger charge is 2.69. The van der Waals surface area contributed by atoms with E-state index in [1.807, 2.05) is 14.2 Å². The van der Waals surface area contributed by atoms with E-state index in [1.54, 1.807) is 0 Å². The molecular weight excluding hydrogens is 596 g/mol. The van der Waals surface area contributed by atoms with E-state index in [0.29, 0.717) is 90.5 Å². The van der Waals surface area contributed by atoms with Gasteiger partial charge in [-0.15, -0.1) is 0 Å². The van der Waals surface area contributed by atoms with Crippen LogP contribution in [0.1, 0.15) is 57.8 Å². The van der Waals surface area contributed by atoms with E-state index in [1.165, 1.54) is 19.3 Å². The number of methoxy groups -OCH3 is 2. The van der Waals surface area contributed by atoms with Crippen molar-refractivity contribution in [2.45, 2.75) is 106 Å². The van der Waals surface area contributed by atoms with Gasteiger partial charge in [0.2, 0.25) is 0 Å². The largest absolute Gasteiger partial charge is 0.381 e. The molecule has 9 nitrogen and oxygen atoms in total. The normalized spacial score (nSPS) is 58.5. The molecule has 0 amide bonds. The minimum atomic E-state index is -0.0450. The van der Waals surface area contributed by atoms with Gasteiger partial charge >= 0.3 is 0 Å². The van der Waals surface area contributed by atoms with Crippen LogP contribution in [-0.2, 0) is 33.2 Å². The van der Waals surface area contributed by atoms with Gasteiger partial charge in [-0.25, -0.2) is 0 Å². The highest BCUT2D eigenvalue weighted by atomic mass is 16.7. The topological polar surface area (TPSA) is 78.9 Å². The Kier molecular flexibility index (Phi) is 7.74. The van der Waals surface area contributed by atoms with Crippen LogP contribution in [0.4, 0.5) is 0 Å². The van der Waals surface area contributed by atoms with Crippen molar-refractivity contribution in [3.63, 3.8) is 0 Å². The molecule has 0 radical (unpaired) electrons. The number of nitrogens with zero attached hydrogens (tertiary/aromatic N) is 2. The number of ether oxygens (including phenoxy) is 6. The molecule has 0 spiro atoms. The third-order valence-corrected chi connectivity index (χ3v) is 16.6. The fourth-order valence-corrected chi connectivity index (χ4v) is 15.4. The molecule has 0 aromatic rings. The van der Waals surface area contributed by atoms with Gasteiger partial charge in [0.15, 0.2) is 5.78 Å². The summed E-state index contributed by atoms with van der Waals surface area (Å²) in [5, 5.41) is 0. The summed E-state index contributed by atoms with van der Waals surface area (Å²) in [6, 6.07) is 0.462. The summed E-state index contributed by atoms with van der Waals surface area (Å²) < 4.78 is 38.5. The van der Waals surface area contributed by atoms with Crippen LogP contribution in [0.15, 0.2) is 0 Å². The quantitative estimate of drug-likeness (QED) is 0.453. The van der Waals surface area contributed by atoms with Crippen molar-refractivity contribution in [1.82, 2.24) is 9.80 Å². The Bertz CT molecular complexity index is 1220. The molecule has 9 heteroatoms. The lowest BCUT2D eigenvalue weighted by atomic mass is 9.42. The van der Waals surface area contributed by atoms with Crippen LogP contribution in [0.5, 0.6) is 0 Å². The monoisotopic (exact) mass is 654 g/mol. The van der Waals surface area contributed by atoms with Gasteiger partial charge in [-0.1, -0.05) is 12.8 Å². The first kappa shape index (κ1) is 31.1. The number of ketones is 1. The number of likely N-dealkylation sites (tertiary alicyclic amines) is 2. The Morgan fingerprint density at radius 3 is 2.06 bits per heavy atom. The molecule has 6 saturated carbocycles. The predicted octanol–water partition coefficient (Wildman–Crippen LogP) is 3.68. The SMILES string of the molecule is COC1CCCC2C1C(=O)C1C3C(CC4OCOC4C23)C(C2C3C(OC)CCCC3C3C4OCOC4CC4CCN(C)C2C43)CN1C. The molecule has 0 aromatic carbocycles. The summed E-state index contributed by atoms with van der Waals surface area (Å²) in [7, 11) is 8.51. The van der Waals surface area contributed by atoms with E-state index in [0.717, 1.165) is 51.6 Å². The summed E-state index contributed by atoms with van der Waals surface area (Å²) in [6.45, 7) is 3.01. The lowest BCUT2D eigenvalue weighted by Crippen LogP contribution is -2.74. The first-order chi connectivity index (χ1) is 23.0. The Morgan fingerprint density at radius 1 is 0.638 bits per heavy atom. The fourth-order valence-electron chi connectivity index (χ4n) is 15.4. The second-order valence-electron chi connectivity index (χ2n) is 17.7. The molecule has 20 atom stereocenters. The Balaban J connectivity index is 1.09. The molecule has 20 unspecified atom stereocenters. The Hall–Kier alpha value is -0.650. The van der Waals surface area contributed by atoms with Gasteiger partial charge in [0.25, 0.3) is 0 Å². The van der Waals surface area contributed by atoms with Crippen LogP contribution in [0, 0.1) is 71.0 Å². The number of hydrogen-bond donors (Lipinski definition) is 0. The standard InChI is InChI=1S/C38H58N2O7/c1-39-12-11-18-13-25-37(46-16-44-25)32-19-7-5-9-23(42-3)28(19)31(34(39)27(18)32)22-15-40(2)35-30-21(22)14-26-38(47-17-45-26)33(30)20-8-6-10-24(43-4)29(20)36(35)41/h18-35,37-38H,5-17H2,1-4H3. The van der Waals surface area contributed by atoms with Gasteiger partial charge in [0, 0.05) is 32.7 Å². The van der Waals surface area contributed by atoms with Crippen molar-refractivity contribution in [1.29, 1.82) is 0 Å². The van der Waals surface area contributed by atoms with Crippen LogP contribution in [0.3, 0.4) is 0 Å². The van der Waals surface area contributed by atoms with Gasteiger partial charge < -0.3 is 33.3 Å². The molecule has 262 valence electrons. The van der Waals surface area contributed by atoms with Crippen molar-refractivity contribution >= 4 is 5.78 Å². The fraction of sp³-hybridized carbons (Fsp3) is 0.974. The third kappa shape index (κ3) is 4.33. The number of hydrogen-bond acceptors (Lipinski definition) is 9. The van der Waals surface area contributed by atoms with E-state index in [4.69, 9.17) is 28.4 Å². The zero-order valence-electron chi connectivity index (χ0n) is 29.0. The van der Waals surface area contributed by atoms with E-state index in [9.17, 15) is 4.79 Å². The predicted molar refractivity (Wildman–Crippen MR) is 172 cm³/mol. The third-order valence-electron chi connectivity index (χ3n) is 16.6. The van der Waals surface area contributed by atoms with Crippen molar-refractivity contribution in [3.8, 4) is 0 Å². The zero-order valence-corrected chi connectivity index (χ0v) is 29.0. The van der Waals surface area contributed by atoms with Crippen LogP contribution < -0.4 is 0 Å². The second-order valence-corrected chi connectivity index (χ2v) is 17.7. The Labute approximate surface area is 281 Å². The zero-order chi connectivity index (χ0) is 31.7. The molecule has 4 aliphatic heterocycles. The highest BCUT2D eigenvalue weighted by Crippen LogP contribution is 2.65. The maximum Gasteiger partial charge on any atom is 0.156 e. The number of carbonyl (C=O) groups is 1. The number of piperidine rings is 2. The van der Waals surface area contributed by atoms with Gasteiger partial charge in [0.1, 0.15) is 13.6 Å². The lowest BCUT2D eigenvalue weighted by Gasteiger charge is -2.68. The van der Waals surface area contributed by atoms with Crippen LogP contribution in [-0.4, -0.2) is 119 Å². The lowest BCUT2D eigenvalue weighted by molar-refractivity contribution is -0.227. The first-order valence-electron chi connectivity index (χ1n) is 19.5. The molecular formula is C38H58N2O7. The van der Waals surface area contributed by atoms with E-state index in [-0.39, 0.29) is 48.6 Å². The average Bonchev–Trinajstić information content (AvgIpc) is 3.77. The molecule has 6 aliphatic carbocycles. The molecule has 0 N–H and O–H groups in total. The van der Waals surface area contributed by atoms with Gasteiger partial charge in [-0.05, 0) is 131 Å². The molecule has 10 aliphatic rings. The summed E-state index contributed by atoms with van der Waals surface area (Å²) in [6.07, 6.45) is 11.4. The van der Waals surface area contributed by atoms with Crippen LogP contribution >= 0.6 is 0 Å². The van der Waals surface area contributed by atoms with Crippen molar-refractivity contribution < 1.29 is 33.2 Å². The minimum absolute atomic E-state index is 0.0207. The van der Waals surface area contributed by atoms with Gasteiger partial charge in [0.05, 0.1) is 42.7 Å². The number of rotatable bonds is 3. The van der Waals surface area contributed by atoms with Crippen LogP contribution in [0.2, 0.25) is 0 Å². The number of fused-ring (bicyclic) bond motifs is 8. The summed E-state index contributed by atoms with van der Waals surface area (Å²) in [5.74, 6) is 5.89. The molecule has 47 heavy (non-hydrogen) atoms.